The lowest BCUT2D eigenvalue weighted by Crippen LogP contribution is -2.35. The van der Waals surface area contributed by atoms with Crippen LogP contribution in [-0.4, -0.2) is 34.1 Å². The molecule has 35 heavy (non-hydrogen) atoms. The molecule has 1 aliphatic rings. The van der Waals surface area contributed by atoms with Crippen molar-refractivity contribution in [2.24, 2.45) is 5.92 Å². The number of piperidine rings is 1. The second kappa shape index (κ2) is 11.3. The number of nitrogens with zero attached hydrogens (tertiary/aromatic N) is 3. The van der Waals surface area contributed by atoms with E-state index in [0.29, 0.717) is 11.6 Å². The van der Waals surface area contributed by atoms with E-state index >= 15 is 0 Å². The highest BCUT2D eigenvalue weighted by atomic mass is 35.5. The summed E-state index contributed by atoms with van der Waals surface area (Å²) < 4.78 is 8.41. The van der Waals surface area contributed by atoms with Gasteiger partial charge in [-0.2, -0.15) is 0 Å². The number of para-hydroxylation sites is 1. The number of rotatable bonds is 9. The van der Waals surface area contributed by atoms with Crippen LogP contribution in [0.5, 0.6) is 5.75 Å². The van der Waals surface area contributed by atoms with Gasteiger partial charge in [-0.25, -0.2) is 4.98 Å². The predicted octanol–water partition coefficient (Wildman–Crippen LogP) is 6.92. The van der Waals surface area contributed by atoms with Crippen LogP contribution in [0.4, 0.5) is 0 Å². The SMILES string of the molecule is Cc1cccc2c1nc(COc1ccc(Cl)cc1)n2CCCN1CCC(Cc2ccccc2)CC1. The summed E-state index contributed by atoms with van der Waals surface area (Å²) in [7, 11) is 0. The molecule has 1 aliphatic heterocycles. The molecule has 1 saturated heterocycles. The lowest BCUT2D eigenvalue weighted by atomic mass is 9.90. The van der Waals surface area contributed by atoms with Crippen LogP contribution >= 0.6 is 11.6 Å². The molecule has 0 aliphatic carbocycles. The van der Waals surface area contributed by atoms with Crippen LogP contribution in [0.3, 0.4) is 0 Å². The standard InChI is InChI=1S/C30H34ClN3O/c1-23-7-5-10-28-30(23)32-29(22-35-27-13-11-26(31)12-14-27)34(28)18-6-17-33-19-15-25(16-20-33)21-24-8-3-2-4-9-24/h2-5,7-14,25H,6,15-22H2,1H3. The van der Waals surface area contributed by atoms with Gasteiger partial charge in [0.15, 0.2) is 0 Å². The van der Waals surface area contributed by atoms with Crippen molar-refractivity contribution in [2.45, 2.75) is 45.8 Å². The first-order valence-electron chi connectivity index (χ1n) is 12.7. The van der Waals surface area contributed by atoms with E-state index < -0.39 is 0 Å². The van der Waals surface area contributed by atoms with Gasteiger partial charge in [-0.3, -0.25) is 0 Å². The Hall–Kier alpha value is -2.82. The Kier molecular flexibility index (Phi) is 7.70. The van der Waals surface area contributed by atoms with Gasteiger partial charge in [-0.15, -0.1) is 0 Å². The van der Waals surface area contributed by atoms with Crippen molar-refractivity contribution in [2.75, 3.05) is 19.6 Å². The molecular formula is C30H34ClN3O. The smallest absolute Gasteiger partial charge is 0.148 e. The van der Waals surface area contributed by atoms with E-state index in [1.54, 1.807) is 0 Å². The summed E-state index contributed by atoms with van der Waals surface area (Å²) in [6, 6.07) is 24.9. The molecule has 0 bridgehead atoms. The summed E-state index contributed by atoms with van der Waals surface area (Å²) >= 11 is 6.01. The normalized spacial score (nSPS) is 15.0. The lowest BCUT2D eigenvalue weighted by molar-refractivity contribution is 0.179. The summed E-state index contributed by atoms with van der Waals surface area (Å²) in [5.74, 6) is 2.60. The third-order valence-electron chi connectivity index (χ3n) is 7.17. The molecule has 5 rings (SSSR count). The third-order valence-corrected chi connectivity index (χ3v) is 7.42. The number of ether oxygens (including phenoxy) is 1. The summed E-state index contributed by atoms with van der Waals surface area (Å²) in [6.45, 7) is 7.05. The quantitative estimate of drug-likeness (QED) is 0.256. The molecule has 3 aromatic carbocycles. The minimum Gasteiger partial charge on any atom is -0.486 e. The van der Waals surface area contributed by atoms with Crippen molar-refractivity contribution < 1.29 is 4.74 Å². The number of hydrogen-bond donors (Lipinski definition) is 0. The maximum atomic E-state index is 6.06. The number of imidazole rings is 1. The van der Waals surface area contributed by atoms with Crippen molar-refractivity contribution in [1.82, 2.24) is 14.5 Å². The van der Waals surface area contributed by atoms with E-state index in [1.165, 1.54) is 49.0 Å². The van der Waals surface area contributed by atoms with Gasteiger partial charge in [0.05, 0.1) is 11.0 Å². The topological polar surface area (TPSA) is 30.3 Å². The molecule has 2 heterocycles. The first kappa shape index (κ1) is 23.9. The van der Waals surface area contributed by atoms with Crippen LogP contribution in [0.25, 0.3) is 11.0 Å². The van der Waals surface area contributed by atoms with E-state index in [9.17, 15) is 0 Å². The second-order valence-electron chi connectivity index (χ2n) is 9.69. The van der Waals surface area contributed by atoms with Crippen molar-refractivity contribution in [1.29, 1.82) is 0 Å². The van der Waals surface area contributed by atoms with E-state index in [1.807, 2.05) is 24.3 Å². The Morgan fingerprint density at radius 2 is 1.69 bits per heavy atom. The zero-order valence-corrected chi connectivity index (χ0v) is 21.3. The molecule has 0 radical (unpaired) electrons. The fourth-order valence-electron chi connectivity index (χ4n) is 5.19. The Labute approximate surface area is 213 Å². The number of halogens is 1. The van der Waals surface area contributed by atoms with Crippen LogP contribution in [-0.2, 0) is 19.6 Å². The second-order valence-corrected chi connectivity index (χ2v) is 10.1. The highest BCUT2D eigenvalue weighted by molar-refractivity contribution is 6.30. The van der Waals surface area contributed by atoms with E-state index in [4.69, 9.17) is 21.3 Å². The van der Waals surface area contributed by atoms with Crippen molar-refractivity contribution in [3.05, 3.63) is 94.8 Å². The zero-order valence-electron chi connectivity index (χ0n) is 20.5. The van der Waals surface area contributed by atoms with E-state index in [2.05, 4.69) is 64.9 Å². The Balaban J connectivity index is 1.18. The van der Waals surface area contributed by atoms with Crippen LogP contribution < -0.4 is 4.74 Å². The van der Waals surface area contributed by atoms with Crippen molar-refractivity contribution >= 4 is 22.6 Å². The fraction of sp³-hybridized carbons (Fsp3) is 0.367. The Morgan fingerprint density at radius 1 is 0.914 bits per heavy atom. The van der Waals surface area contributed by atoms with Gasteiger partial charge in [0.25, 0.3) is 0 Å². The minimum absolute atomic E-state index is 0.445. The monoisotopic (exact) mass is 487 g/mol. The highest BCUT2D eigenvalue weighted by Gasteiger charge is 2.20. The summed E-state index contributed by atoms with van der Waals surface area (Å²) in [6.07, 6.45) is 4.91. The summed E-state index contributed by atoms with van der Waals surface area (Å²) in [5, 5.41) is 0.712. The fourth-order valence-corrected chi connectivity index (χ4v) is 5.31. The number of fused-ring (bicyclic) bond motifs is 1. The molecule has 4 aromatic rings. The Morgan fingerprint density at radius 3 is 2.46 bits per heavy atom. The molecule has 0 saturated carbocycles. The maximum Gasteiger partial charge on any atom is 0.148 e. The first-order chi connectivity index (χ1) is 17.2. The molecular weight excluding hydrogens is 454 g/mol. The van der Waals surface area contributed by atoms with E-state index in [-0.39, 0.29) is 0 Å². The highest BCUT2D eigenvalue weighted by Crippen LogP contribution is 2.24. The lowest BCUT2D eigenvalue weighted by Gasteiger charge is -2.32. The first-order valence-corrected chi connectivity index (χ1v) is 13.1. The zero-order chi connectivity index (χ0) is 24.0. The maximum absolute atomic E-state index is 6.06. The van der Waals surface area contributed by atoms with Gasteiger partial charge >= 0.3 is 0 Å². The minimum atomic E-state index is 0.445. The largest absolute Gasteiger partial charge is 0.486 e. The molecule has 0 N–H and O–H groups in total. The number of hydrogen-bond acceptors (Lipinski definition) is 3. The molecule has 0 atom stereocenters. The molecule has 1 aromatic heterocycles. The number of benzene rings is 3. The van der Waals surface area contributed by atoms with Crippen LogP contribution in [0, 0.1) is 12.8 Å². The Bertz CT molecular complexity index is 1230. The number of aryl methyl sites for hydroxylation is 2. The molecule has 5 heteroatoms. The van der Waals surface area contributed by atoms with Crippen LogP contribution in [0.15, 0.2) is 72.8 Å². The van der Waals surface area contributed by atoms with Gasteiger partial charge in [-0.1, -0.05) is 54.1 Å². The van der Waals surface area contributed by atoms with Gasteiger partial charge in [-0.05, 0) is 99.6 Å². The average molecular weight is 488 g/mol. The van der Waals surface area contributed by atoms with Gasteiger partial charge in [0, 0.05) is 11.6 Å². The van der Waals surface area contributed by atoms with Gasteiger partial charge in [0.1, 0.15) is 18.2 Å². The summed E-state index contributed by atoms with van der Waals surface area (Å²) in [4.78, 5) is 7.59. The van der Waals surface area contributed by atoms with Crippen molar-refractivity contribution in [3.63, 3.8) is 0 Å². The summed E-state index contributed by atoms with van der Waals surface area (Å²) in [5.41, 5.74) is 4.95. The molecule has 4 nitrogen and oxygen atoms in total. The number of aromatic nitrogens is 2. The van der Waals surface area contributed by atoms with E-state index in [0.717, 1.165) is 42.5 Å². The third kappa shape index (κ3) is 6.06. The van der Waals surface area contributed by atoms with Crippen molar-refractivity contribution in [3.8, 4) is 5.75 Å². The molecule has 1 fully saturated rings. The predicted molar refractivity (Wildman–Crippen MR) is 144 cm³/mol. The average Bonchev–Trinajstić information content (AvgIpc) is 3.24. The molecule has 182 valence electrons. The molecule has 0 amide bonds. The van der Waals surface area contributed by atoms with Crippen LogP contribution in [0.2, 0.25) is 5.02 Å². The number of likely N-dealkylation sites (tertiary alicyclic amines) is 1. The van der Waals surface area contributed by atoms with Gasteiger partial charge < -0.3 is 14.2 Å². The van der Waals surface area contributed by atoms with Crippen LogP contribution in [0.1, 0.15) is 36.2 Å². The molecule has 0 spiro atoms. The van der Waals surface area contributed by atoms with Gasteiger partial charge in [0.2, 0.25) is 0 Å². The molecule has 0 unspecified atom stereocenters.